The number of rotatable bonds is 7. The van der Waals surface area contributed by atoms with Gasteiger partial charge in [-0.15, -0.1) is 0 Å². The van der Waals surface area contributed by atoms with E-state index < -0.39 is 0 Å². The highest BCUT2D eigenvalue weighted by Gasteiger charge is 2.16. The van der Waals surface area contributed by atoms with Gasteiger partial charge in [-0.3, -0.25) is 9.58 Å². The molecule has 1 heterocycles. The fraction of sp³-hybridized carbons (Fsp3) is 0.800. The molecule has 0 bridgehead atoms. The molecule has 4 nitrogen and oxygen atoms in total. The van der Waals surface area contributed by atoms with Crippen molar-refractivity contribution in [3.8, 4) is 0 Å². The van der Waals surface area contributed by atoms with E-state index in [1.807, 2.05) is 0 Å². The van der Waals surface area contributed by atoms with Crippen molar-refractivity contribution >= 4 is 15.9 Å². The Morgan fingerprint density at radius 3 is 2.90 bits per heavy atom. The van der Waals surface area contributed by atoms with Crippen molar-refractivity contribution in [3.05, 3.63) is 18.0 Å². The van der Waals surface area contributed by atoms with Gasteiger partial charge in [-0.05, 0) is 26.0 Å². The maximum atomic E-state index is 5.14. The molecule has 1 aromatic heterocycles. The lowest BCUT2D eigenvalue weighted by Crippen LogP contribution is -2.28. The van der Waals surface area contributed by atoms with Crippen LogP contribution >= 0.6 is 15.9 Å². The summed E-state index contributed by atoms with van der Waals surface area (Å²) in [6.07, 6.45) is 8.81. The van der Waals surface area contributed by atoms with E-state index in [1.165, 1.54) is 32.1 Å². The highest BCUT2D eigenvalue weighted by molar-refractivity contribution is 9.09. The van der Waals surface area contributed by atoms with Crippen LogP contribution in [0, 0.1) is 0 Å². The molecule has 0 aliphatic heterocycles. The van der Waals surface area contributed by atoms with Crippen molar-refractivity contribution in [2.24, 2.45) is 0 Å². The first-order valence-electron chi connectivity index (χ1n) is 7.54. The summed E-state index contributed by atoms with van der Waals surface area (Å²) in [5, 5.41) is 4.76. The second-order valence-electron chi connectivity index (χ2n) is 5.83. The molecule has 0 amide bonds. The molecular formula is C15H26BrN3O. The fourth-order valence-electron chi connectivity index (χ4n) is 2.92. The number of alkyl halides is 1. The van der Waals surface area contributed by atoms with Crippen molar-refractivity contribution < 1.29 is 4.74 Å². The zero-order valence-electron chi connectivity index (χ0n) is 12.6. The van der Waals surface area contributed by atoms with Crippen LogP contribution in [0.25, 0.3) is 0 Å². The van der Waals surface area contributed by atoms with Crippen LogP contribution in [-0.2, 0) is 11.3 Å². The van der Waals surface area contributed by atoms with E-state index in [2.05, 4.69) is 44.8 Å². The van der Waals surface area contributed by atoms with Gasteiger partial charge in [-0.2, -0.15) is 5.10 Å². The predicted molar refractivity (Wildman–Crippen MR) is 85.3 cm³/mol. The SMILES string of the molecule is COCC(Br)CN(C)Cc1ccn(C2CCCCC2)n1. The Labute approximate surface area is 130 Å². The Morgan fingerprint density at radius 1 is 1.45 bits per heavy atom. The molecule has 114 valence electrons. The molecule has 0 aromatic carbocycles. The average Bonchev–Trinajstić information content (AvgIpc) is 2.88. The van der Waals surface area contributed by atoms with E-state index >= 15 is 0 Å². The molecule has 1 aliphatic carbocycles. The number of ether oxygens (including phenoxy) is 1. The third-order valence-electron chi connectivity index (χ3n) is 3.90. The summed E-state index contributed by atoms with van der Waals surface area (Å²) in [4.78, 5) is 2.66. The average molecular weight is 344 g/mol. The zero-order valence-corrected chi connectivity index (χ0v) is 14.2. The van der Waals surface area contributed by atoms with Gasteiger partial charge in [0.25, 0.3) is 0 Å². The Morgan fingerprint density at radius 2 is 2.20 bits per heavy atom. The Kier molecular flexibility index (Phi) is 6.52. The van der Waals surface area contributed by atoms with Crippen LogP contribution in [0.1, 0.15) is 43.8 Å². The fourth-order valence-corrected chi connectivity index (χ4v) is 3.68. The van der Waals surface area contributed by atoms with Gasteiger partial charge in [0.05, 0.1) is 23.2 Å². The Hall–Kier alpha value is -0.390. The van der Waals surface area contributed by atoms with Gasteiger partial charge in [0.1, 0.15) is 0 Å². The normalized spacial score (nSPS) is 18.6. The third kappa shape index (κ3) is 4.86. The topological polar surface area (TPSA) is 30.3 Å². The Balaban J connectivity index is 1.82. The number of hydrogen-bond acceptors (Lipinski definition) is 3. The van der Waals surface area contributed by atoms with Crippen LogP contribution < -0.4 is 0 Å². The molecule has 20 heavy (non-hydrogen) atoms. The van der Waals surface area contributed by atoms with E-state index in [-0.39, 0.29) is 0 Å². The molecule has 1 aliphatic rings. The molecule has 1 aromatic rings. The second-order valence-corrected chi connectivity index (χ2v) is 7.12. The van der Waals surface area contributed by atoms with Gasteiger partial charge in [0, 0.05) is 26.4 Å². The van der Waals surface area contributed by atoms with Gasteiger partial charge in [0.15, 0.2) is 0 Å². The van der Waals surface area contributed by atoms with Crippen LogP contribution in [0.15, 0.2) is 12.3 Å². The van der Waals surface area contributed by atoms with E-state index in [0.29, 0.717) is 10.9 Å². The van der Waals surface area contributed by atoms with Gasteiger partial charge < -0.3 is 4.74 Å². The lowest BCUT2D eigenvalue weighted by Gasteiger charge is -2.22. The van der Waals surface area contributed by atoms with Crippen molar-refractivity contribution in [3.63, 3.8) is 0 Å². The maximum Gasteiger partial charge on any atom is 0.0764 e. The highest BCUT2D eigenvalue weighted by Crippen LogP contribution is 2.27. The third-order valence-corrected chi connectivity index (χ3v) is 4.46. The second kappa shape index (κ2) is 8.15. The van der Waals surface area contributed by atoms with Crippen LogP contribution in [0.4, 0.5) is 0 Å². The van der Waals surface area contributed by atoms with Crippen LogP contribution in [0.2, 0.25) is 0 Å². The minimum atomic E-state index is 0.373. The monoisotopic (exact) mass is 343 g/mol. The van der Waals surface area contributed by atoms with Gasteiger partial charge in [0.2, 0.25) is 0 Å². The quantitative estimate of drug-likeness (QED) is 0.712. The highest BCUT2D eigenvalue weighted by atomic mass is 79.9. The van der Waals surface area contributed by atoms with Gasteiger partial charge in [-0.1, -0.05) is 35.2 Å². The van der Waals surface area contributed by atoms with Crippen LogP contribution in [0.5, 0.6) is 0 Å². The molecule has 0 N–H and O–H groups in total. The molecular weight excluding hydrogens is 318 g/mol. The van der Waals surface area contributed by atoms with E-state index in [9.17, 15) is 0 Å². The van der Waals surface area contributed by atoms with Crippen molar-refractivity contribution in [2.45, 2.75) is 49.5 Å². The lowest BCUT2D eigenvalue weighted by atomic mass is 9.96. The molecule has 5 heteroatoms. The van der Waals surface area contributed by atoms with E-state index in [0.717, 1.165) is 25.4 Å². The number of hydrogen-bond donors (Lipinski definition) is 0. The van der Waals surface area contributed by atoms with E-state index in [4.69, 9.17) is 9.84 Å². The summed E-state index contributed by atoms with van der Waals surface area (Å²) in [6.45, 7) is 2.59. The van der Waals surface area contributed by atoms with Crippen molar-refractivity contribution in [1.82, 2.24) is 14.7 Å². The number of halogens is 1. The van der Waals surface area contributed by atoms with Crippen molar-refractivity contribution in [2.75, 3.05) is 27.3 Å². The summed E-state index contributed by atoms with van der Waals surface area (Å²) in [7, 11) is 3.86. The number of aromatic nitrogens is 2. The molecule has 1 fully saturated rings. The minimum Gasteiger partial charge on any atom is -0.383 e. The van der Waals surface area contributed by atoms with Crippen LogP contribution in [-0.4, -0.2) is 46.8 Å². The van der Waals surface area contributed by atoms with Gasteiger partial charge in [-0.25, -0.2) is 0 Å². The molecule has 1 unspecified atom stereocenters. The number of nitrogens with zero attached hydrogens (tertiary/aromatic N) is 3. The summed E-state index contributed by atoms with van der Waals surface area (Å²) in [5.74, 6) is 0. The molecule has 0 saturated heterocycles. The van der Waals surface area contributed by atoms with Gasteiger partial charge >= 0.3 is 0 Å². The number of methoxy groups -OCH3 is 1. The first kappa shape index (κ1) is 16.0. The molecule has 0 radical (unpaired) electrons. The summed E-state index contributed by atoms with van der Waals surface area (Å²) in [5.41, 5.74) is 1.16. The summed E-state index contributed by atoms with van der Waals surface area (Å²) < 4.78 is 7.33. The first-order chi connectivity index (χ1) is 9.69. The van der Waals surface area contributed by atoms with E-state index in [1.54, 1.807) is 7.11 Å². The summed E-state index contributed by atoms with van der Waals surface area (Å²) in [6, 6.07) is 2.78. The maximum absolute atomic E-state index is 5.14. The molecule has 0 spiro atoms. The Bertz CT molecular complexity index is 390. The first-order valence-corrected chi connectivity index (χ1v) is 8.46. The minimum absolute atomic E-state index is 0.373. The zero-order chi connectivity index (χ0) is 14.4. The van der Waals surface area contributed by atoms with Crippen molar-refractivity contribution in [1.29, 1.82) is 0 Å². The molecule has 1 saturated carbocycles. The molecule has 2 rings (SSSR count). The standard InChI is InChI=1S/C15H26BrN3O/c1-18(10-13(16)12-20-2)11-14-8-9-19(17-14)15-6-4-3-5-7-15/h8-9,13,15H,3-7,10-12H2,1-2H3. The lowest BCUT2D eigenvalue weighted by molar-refractivity contribution is 0.184. The molecule has 1 atom stereocenters. The smallest absolute Gasteiger partial charge is 0.0764 e. The largest absolute Gasteiger partial charge is 0.383 e. The van der Waals surface area contributed by atoms with Crippen LogP contribution in [0.3, 0.4) is 0 Å². The predicted octanol–water partition coefficient (Wildman–Crippen LogP) is 3.23. The summed E-state index contributed by atoms with van der Waals surface area (Å²) >= 11 is 3.63.